The summed E-state index contributed by atoms with van der Waals surface area (Å²) in [6.45, 7) is 3.78. The molecule has 0 unspecified atom stereocenters. The molecule has 0 N–H and O–H groups in total. The Morgan fingerprint density at radius 3 is 2.39 bits per heavy atom. The number of para-hydroxylation sites is 2. The lowest BCUT2D eigenvalue weighted by Gasteiger charge is -2.56. The van der Waals surface area contributed by atoms with Crippen molar-refractivity contribution in [2.45, 2.75) is 19.4 Å². The van der Waals surface area contributed by atoms with Gasteiger partial charge in [0.05, 0.1) is 23.3 Å². The number of non-ortho nitro benzene ring substituents is 1. The molecule has 1 spiro atoms. The average molecular weight is 494 g/mol. The van der Waals surface area contributed by atoms with Crippen LogP contribution in [0, 0.1) is 15.5 Å². The number of nitro groups is 1. The molecule has 1 atom stereocenters. The summed E-state index contributed by atoms with van der Waals surface area (Å²) in [4.78, 5) is 57.3. The normalized spacial score (nSPS) is 21.0. The van der Waals surface area contributed by atoms with Gasteiger partial charge in [-0.3, -0.25) is 29.5 Å². The maximum atomic E-state index is 13.8. The van der Waals surface area contributed by atoms with Crippen LogP contribution in [-0.2, 0) is 16.0 Å². The Morgan fingerprint density at radius 1 is 1.03 bits per heavy atom. The van der Waals surface area contributed by atoms with Crippen LogP contribution in [0.5, 0.6) is 5.75 Å². The van der Waals surface area contributed by atoms with Crippen LogP contribution in [0.15, 0.2) is 42.5 Å². The summed E-state index contributed by atoms with van der Waals surface area (Å²) in [5, 5.41) is 11.5. The molecular formula is C25H27N5O6. The zero-order valence-electron chi connectivity index (χ0n) is 20.3. The molecule has 36 heavy (non-hydrogen) atoms. The van der Waals surface area contributed by atoms with Crippen molar-refractivity contribution in [3.63, 3.8) is 0 Å². The summed E-state index contributed by atoms with van der Waals surface area (Å²) >= 11 is 0. The van der Waals surface area contributed by atoms with E-state index in [4.69, 9.17) is 4.74 Å². The van der Waals surface area contributed by atoms with E-state index in [-0.39, 0.29) is 12.1 Å². The average Bonchev–Trinajstić information content (AvgIpc) is 2.89. The second-order valence-electron chi connectivity index (χ2n) is 9.29. The highest BCUT2D eigenvalue weighted by atomic mass is 16.6. The number of hydrogen-bond donors (Lipinski definition) is 0. The first-order valence-electron chi connectivity index (χ1n) is 11.8. The molecule has 0 bridgehead atoms. The van der Waals surface area contributed by atoms with Gasteiger partial charge in [0, 0.05) is 58.0 Å². The van der Waals surface area contributed by atoms with Gasteiger partial charge in [-0.1, -0.05) is 12.1 Å². The molecule has 2 saturated heterocycles. The van der Waals surface area contributed by atoms with Crippen molar-refractivity contribution >= 4 is 34.9 Å². The van der Waals surface area contributed by atoms with E-state index < -0.39 is 34.2 Å². The fourth-order valence-corrected chi connectivity index (χ4v) is 5.76. The Balaban J connectivity index is 1.65. The minimum absolute atomic E-state index is 0.0360. The summed E-state index contributed by atoms with van der Waals surface area (Å²) in [6, 6.07) is 10.9. The number of amides is 4. The topological polar surface area (TPSA) is 117 Å². The van der Waals surface area contributed by atoms with Gasteiger partial charge in [0.25, 0.3) is 5.69 Å². The number of urea groups is 1. The van der Waals surface area contributed by atoms with Crippen molar-refractivity contribution in [2.24, 2.45) is 5.41 Å². The maximum absolute atomic E-state index is 13.8. The fourth-order valence-electron chi connectivity index (χ4n) is 5.76. The highest BCUT2D eigenvalue weighted by Gasteiger charge is 2.64. The molecule has 3 heterocycles. The summed E-state index contributed by atoms with van der Waals surface area (Å²) in [5.74, 6) is -0.481. The summed E-state index contributed by atoms with van der Waals surface area (Å²) in [6.07, 6.45) is -0.0360. The number of barbiturate groups is 1. The van der Waals surface area contributed by atoms with Crippen molar-refractivity contribution in [2.75, 3.05) is 50.1 Å². The lowest BCUT2D eigenvalue weighted by atomic mass is 9.67. The molecule has 0 aliphatic carbocycles. The molecule has 0 radical (unpaired) electrons. The zero-order chi connectivity index (χ0) is 25.8. The molecule has 4 amide bonds. The van der Waals surface area contributed by atoms with E-state index in [2.05, 4.69) is 4.90 Å². The number of carbonyl (C=O) groups is 3. The van der Waals surface area contributed by atoms with Crippen LogP contribution >= 0.6 is 0 Å². The standard InChI is InChI=1S/C25H27N5O6/c1-4-36-20-8-6-5-7-19(20)28-11-12-29-18-10-9-17(30(34)35)13-16(18)14-25(21(29)15-28)22(31)26(2)24(33)27(3)23(25)32/h5-10,13,21H,4,11-12,14-15H2,1-3H3/t21-/m0/s1. The van der Waals surface area contributed by atoms with Gasteiger partial charge in [0.15, 0.2) is 5.41 Å². The Morgan fingerprint density at radius 2 is 1.72 bits per heavy atom. The van der Waals surface area contributed by atoms with E-state index in [1.165, 1.54) is 26.2 Å². The van der Waals surface area contributed by atoms with Crippen LogP contribution in [0.2, 0.25) is 0 Å². The summed E-state index contributed by atoms with van der Waals surface area (Å²) in [7, 11) is 2.74. The van der Waals surface area contributed by atoms with Gasteiger partial charge < -0.3 is 14.5 Å². The van der Waals surface area contributed by atoms with Crippen LogP contribution in [0.25, 0.3) is 0 Å². The molecule has 11 heteroatoms. The number of hydrogen-bond acceptors (Lipinski definition) is 8. The van der Waals surface area contributed by atoms with Crippen molar-refractivity contribution in [1.29, 1.82) is 0 Å². The van der Waals surface area contributed by atoms with Gasteiger partial charge in [0.2, 0.25) is 11.8 Å². The molecule has 2 aromatic rings. The highest BCUT2D eigenvalue weighted by Crippen LogP contribution is 2.48. The second-order valence-corrected chi connectivity index (χ2v) is 9.29. The SMILES string of the molecule is CCOc1ccccc1N1CCN2c3ccc([N+](=O)[O-])cc3CC3(C(=O)N(C)C(=O)N(C)C3=O)[C@@H]2C1. The Hall–Kier alpha value is -4.15. The first-order chi connectivity index (χ1) is 17.2. The van der Waals surface area contributed by atoms with E-state index in [9.17, 15) is 24.5 Å². The number of fused-ring (bicyclic) bond motifs is 4. The minimum atomic E-state index is -1.61. The third-order valence-corrected chi connectivity index (χ3v) is 7.45. The number of nitrogens with zero attached hydrogens (tertiary/aromatic N) is 5. The van der Waals surface area contributed by atoms with Crippen molar-refractivity contribution < 1.29 is 24.0 Å². The Labute approximate surface area is 208 Å². The maximum Gasteiger partial charge on any atom is 0.332 e. The minimum Gasteiger partial charge on any atom is -0.492 e. The van der Waals surface area contributed by atoms with Crippen LogP contribution in [0.3, 0.4) is 0 Å². The second kappa shape index (κ2) is 8.51. The number of rotatable bonds is 4. The van der Waals surface area contributed by atoms with Gasteiger partial charge in [-0.15, -0.1) is 0 Å². The number of ether oxygens (including phenoxy) is 1. The molecule has 11 nitrogen and oxygen atoms in total. The van der Waals surface area contributed by atoms with E-state index in [1.54, 1.807) is 6.07 Å². The largest absolute Gasteiger partial charge is 0.492 e. The predicted octanol–water partition coefficient (Wildman–Crippen LogP) is 2.28. The lowest BCUT2D eigenvalue weighted by molar-refractivity contribution is -0.384. The van der Waals surface area contributed by atoms with E-state index in [0.717, 1.165) is 21.2 Å². The van der Waals surface area contributed by atoms with Crippen molar-refractivity contribution in [1.82, 2.24) is 9.80 Å². The molecule has 0 aromatic heterocycles. The lowest BCUT2D eigenvalue weighted by Crippen LogP contribution is -2.74. The van der Waals surface area contributed by atoms with Gasteiger partial charge >= 0.3 is 6.03 Å². The third kappa shape index (κ3) is 3.29. The number of carbonyl (C=O) groups excluding carboxylic acids is 3. The Bertz CT molecular complexity index is 1260. The first-order valence-corrected chi connectivity index (χ1v) is 11.8. The predicted molar refractivity (Wildman–Crippen MR) is 131 cm³/mol. The summed E-state index contributed by atoms with van der Waals surface area (Å²) < 4.78 is 5.83. The third-order valence-electron chi connectivity index (χ3n) is 7.45. The van der Waals surface area contributed by atoms with Gasteiger partial charge in [0.1, 0.15) is 5.75 Å². The van der Waals surface area contributed by atoms with Crippen LogP contribution in [0.4, 0.5) is 21.9 Å². The monoisotopic (exact) mass is 493 g/mol. The number of anilines is 2. The van der Waals surface area contributed by atoms with Gasteiger partial charge in [-0.2, -0.15) is 0 Å². The number of benzene rings is 2. The van der Waals surface area contributed by atoms with E-state index in [0.29, 0.717) is 37.6 Å². The van der Waals surface area contributed by atoms with Gasteiger partial charge in [-0.25, -0.2) is 4.79 Å². The van der Waals surface area contributed by atoms with Gasteiger partial charge in [-0.05, 0) is 30.7 Å². The highest BCUT2D eigenvalue weighted by molar-refractivity contribution is 6.20. The Kier molecular flexibility index (Phi) is 5.57. The molecule has 3 aliphatic heterocycles. The van der Waals surface area contributed by atoms with Crippen molar-refractivity contribution in [3.05, 3.63) is 58.1 Å². The molecule has 2 aromatic carbocycles. The van der Waals surface area contributed by atoms with E-state index in [1.807, 2.05) is 36.1 Å². The number of imide groups is 2. The molecular weight excluding hydrogens is 466 g/mol. The number of piperazine rings is 1. The van der Waals surface area contributed by atoms with Crippen LogP contribution in [0.1, 0.15) is 12.5 Å². The number of nitro benzene ring substituents is 1. The molecule has 5 rings (SSSR count). The fraction of sp³-hybridized carbons (Fsp3) is 0.400. The van der Waals surface area contributed by atoms with Crippen LogP contribution < -0.4 is 14.5 Å². The summed E-state index contributed by atoms with van der Waals surface area (Å²) in [5.41, 5.74) is 0.439. The van der Waals surface area contributed by atoms with E-state index >= 15 is 0 Å². The first kappa shape index (κ1) is 23.6. The molecule has 3 aliphatic rings. The molecule has 0 saturated carbocycles. The quantitative estimate of drug-likeness (QED) is 0.362. The van der Waals surface area contributed by atoms with Crippen LogP contribution in [-0.4, -0.2) is 78.9 Å². The van der Waals surface area contributed by atoms with Crippen molar-refractivity contribution in [3.8, 4) is 5.75 Å². The molecule has 188 valence electrons. The molecule has 2 fully saturated rings. The zero-order valence-corrected chi connectivity index (χ0v) is 20.3. The smallest absolute Gasteiger partial charge is 0.332 e.